The maximum atomic E-state index is 12.6. The molecule has 0 aliphatic carbocycles. The molecule has 11 nitrogen and oxygen atoms in total. The molecule has 0 spiro atoms. The summed E-state index contributed by atoms with van der Waals surface area (Å²) in [7, 11) is 0. The second kappa shape index (κ2) is 14.6. The van der Waals surface area contributed by atoms with Crippen molar-refractivity contribution in [1.82, 2.24) is 0 Å². The molecule has 0 saturated heterocycles. The highest BCUT2D eigenvalue weighted by Gasteiger charge is 2.31. The van der Waals surface area contributed by atoms with Crippen LogP contribution in [0.15, 0.2) is 18.2 Å². The van der Waals surface area contributed by atoms with Gasteiger partial charge >= 0.3 is 24.2 Å². The van der Waals surface area contributed by atoms with Crippen molar-refractivity contribution < 1.29 is 47.6 Å². The van der Waals surface area contributed by atoms with Crippen LogP contribution in [0.2, 0.25) is 0 Å². The van der Waals surface area contributed by atoms with Crippen LogP contribution >= 0.6 is 0 Å². The zero-order chi connectivity index (χ0) is 29.2. The van der Waals surface area contributed by atoms with E-state index >= 15 is 0 Å². The highest BCUT2D eigenvalue weighted by atomic mass is 16.7. The molecule has 0 saturated carbocycles. The number of nitrogens with two attached hydrogens (primary N) is 1. The molecule has 11 heteroatoms. The fourth-order valence-electron chi connectivity index (χ4n) is 2.73. The summed E-state index contributed by atoms with van der Waals surface area (Å²) >= 11 is 0. The van der Waals surface area contributed by atoms with Crippen LogP contribution < -0.4 is 15.2 Å². The van der Waals surface area contributed by atoms with Crippen molar-refractivity contribution >= 4 is 24.2 Å². The predicted molar refractivity (Wildman–Crippen MR) is 138 cm³/mol. The molecule has 0 aliphatic heterocycles. The summed E-state index contributed by atoms with van der Waals surface area (Å²) in [4.78, 5) is 49.0. The summed E-state index contributed by atoms with van der Waals surface area (Å²) in [6, 6.07) is 3.24. The minimum atomic E-state index is -1.08. The molecule has 1 rings (SSSR count). The van der Waals surface area contributed by atoms with Crippen LogP contribution in [0.1, 0.15) is 74.3 Å². The molecule has 38 heavy (non-hydrogen) atoms. The van der Waals surface area contributed by atoms with Crippen LogP contribution in [0.3, 0.4) is 0 Å². The lowest BCUT2D eigenvalue weighted by molar-refractivity contribution is -0.172. The Morgan fingerprint density at radius 2 is 1.29 bits per heavy atom. The summed E-state index contributed by atoms with van der Waals surface area (Å²) in [5.41, 5.74) is 5.89. The van der Waals surface area contributed by atoms with Gasteiger partial charge in [0.15, 0.2) is 11.5 Å². The normalized spacial score (nSPS) is 13.8. The number of ether oxygens (including phenoxy) is 6. The monoisotopic (exact) mass is 539 g/mol. The van der Waals surface area contributed by atoms with Crippen LogP contribution in [-0.2, 0) is 35.0 Å². The van der Waals surface area contributed by atoms with Gasteiger partial charge in [0.05, 0.1) is 17.6 Å². The van der Waals surface area contributed by atoms with Crippen molar-refractivity contribution in [2.75, 3.05) is 0 Å². The molecule has 214 valence electrons. The van der Waals surface area contributed by atoms with Gasteiger partial charge in [0.1, 0.15) is 18.2 Å². The first-order valence-electron chi connectivity index (χ1n) is 12.6. The van der Waals surface area contributed by atoms with Crippen molar-refractivity contribution in [3.63, 3.8) is 0 Å². The van der Waals surface area contributed by atoms with E-state index in [0.29, 0.717) is 12.0 Å². The topological polar surface area (TPSA) is 150 Å². The number of hydrogen-bond donors (Lipinski definition) is 1. The molecule has 0 aliphatic rings. The Hall–Kier alpha value is -3.34. The maximum absolute atomic E-state index is 12.6. The van der Waals surface area contributed by atoms with Gasteiger partial charge in [-0.1, -0.05) is 13.0 Å². The fourth-order valence-corrected chi connectivity index (χ4v) is 2.73. The average Bonchev–Trinajstić information content (AvgIpc) is 2.79. The van der Waals surface area contributed by atoms with E-state index < -0.39 is 54.2 Å². The molecule has 0 aromatic heterocycles. The highest BCUT2D eigenvalue weighted by Crippen LogP contribution is 2.30. The Labute approximate surface area is 224 Å². The second-order valence-electron chi connectivity index (χ2n) is 10.1. The van der Waals surface area contributed by atoms with Gasteiger partial charge in [-0.2, -0.15) is 0 Å². The van der Waals surface area contributed by atoms with Crippen LogP contribution in [0.25, 0.3) is 0 Å². The van der Waals surface area contributed by atoms with Crippen molar-refractivity contribution in [3.8, 4) is 11.5 Å². The average molecular weight is 540 g/mol. The van der Waals surface area contributed by atoms with Crippen molar-refractivity contribution in [1.29, 1.82) is 0 Å². The van der Waals surface area contributed by atoms with Gasteiger partial charge in [-0.05, 0) is 85.9 Å². The smallest absolute Gasteiger partial charge is 0.458 e. The number of rotatable bonds is 12. The van der Waals surface area contributed by atoms with Crippen molar-refractivity contribution in [2.24, 2.45) is 11.1 Å². The molecule has 0 radical (unpaired) electrons. The summed E-state index contributed by atoms with van der Waals surface area (Å²) in [5, 5.41) is 0. The first kappa shape index (κ1) is 32.7. The quantitative estimate of drug-likeness (QED) is 0.224. The number of hydrogen-bond acceptors (Lipinski definition) is 11. The molecule has 1 unspecified atom stereocenters. The van der Waals surface area contributed by atoms with Gasteiger partial charge in [0, 0.05) is 0 Å². The van der Waals surface area contributed by atoms with Gasteiger partial charge < -0.3 is 34.2 Å². The summed E-state index contributed by atoms with van der Waals surface area (Å²) in [6.07, 6.45) is -3.67. The maximum Gasteiger partial charge on any atom is 0.514 e. The van der Waals surface area contributed by atoms with Crippen molar-refractivity contribution in [3.05, 3.63) is 23.8 Å². The SMILES string of the molecule is CCC(C)(C)C(=O)OC(C)[C@H](C)OC(=O)[C@@H](N)Cc1ccc(OC(=O)OC(C)C)c(OC(=O)OC(C)C)c1. The molecule has 3 atom stereocenters. The van der Waals surface area contributed by atoms with E-state index in [9.17, 15) is 19.2 Å². The standard InChI is InChI=1S/C27H41NO10/c1-10-27(8,9)24(30)36-18(7)17(6)35-23(29)20(28)13-19-11-12-21(37-25(31)33-15(2)3)22(14-19)38-26(32)34-16(4)5/h11-12,14-18,20H,10,13,28H2,1-9H3/t17-,18?,20-/m0/s1. The van der Waals surface area contributed by atoms with E-state index in [0.717, 1.165) is 0 Å². The molecule has 0 amide bonds. The summed E-state index contributed by atoms with van der Waals surface area (Å²) < 4.78 is 31.2. The third kappa shape index (κ3) is 11.0. The molecule has 1 aromatic rings. The number of carbonyl (C=O) groups excluding carboxylic acids is 4. The van der Waals surface area contributed by atoms with E-state index in [2.05, 4.69) is 0 Å². The Kier molecular flexibility index (Phi) is 12.5. The molecule has 1 aromatic carbocycles. The van der Waals surface area contributed by atoms with Gasteiger partial charge in [0.2, 0.25) is 0 Å². The van der Waals surface area contributed by atoms with Gasteiger partial charge in [0.25, 0.3) is 0 Å². The van der Waals surface area contributed by atoms with Crippen molar-refractivity contribution in [2.45, 2.75) is 106 Å². The van der Waals surface area contributed by atoms with Crippen LogP contribution in [0, 0.1) is 5.41 Å². The van der Waals surface area contributed by atoms with Gasteiger partial charge in [-0.3, -0.25) is 9.59 Å². The van der Waals surface area contributed by atoms with Gasteiger partial charge in [-0.25, -0.2) is 9.59 Å². The van der Waals surface area contributed by atoms with E-state index in [1.165, 1.54) is 12.1 Å². The third-order valence-electron chi connectivity index (χ3n) is 5.51. The highest BCUT2D eigenvalue weighted by molar-refractivity contribution is 5.77. The Morgan fingerprint density at radius 3 is 1.79 bits per heavy atom. The number of carbonyl (C=O) groups is 4. The second-order valence-corrected chi connectivity index (χ2v) is 10.1. The molecule has 0 heterocycles. The van der Waals surface area contributed by atoms with E-state index in [-0.39, 0.29) is 23.9 Å². The molecule has 0 fully saturated rings. The fraction of sp³-hybridized carbons (Fsp3) is 0.630. The van der Waals surface area contributed by atoms with Crippen LogP contribution in [0.4, 0.5) is 9.59 Å². The lowest BCUT2D eigenvalue weighted by Crippen LogP contribution is -2.40. The zero-order valence-corrected chi connectivity index (χ0v) is 23.7. The number of esters is 2. The van der Waals surface area contributed by atoms with E-state index in [4.69, 9.17) is 34.2 Å². The molecular formula is C27H41NO10. The van der Waals surface area contributed by atoms with Crippen LogP contribution in [-0.4, -0.2) is 54.7 Å². The van der Waals surface area contributed by atoms with E-state index in [1.54, 1.807) is 61.5 Å². The molecule has 0 bridgehead atoms. The minimum absolute atomic E-state index is 0.00883. The minimum Gasteiger partial charge on any atom is -0.458 e. The summed E-state index contributed by atoms with van der Waals surface area (Å²) in [5.74, 6) is -1.31. The first-order valence-corrected chi connectivity index (χ1v) is 12.6. The Bertz CT molecular complexity index is 973. The van der Waals surface area contributed by atoms with Gasteiger partial charge in [-0.15, -0.1) is 0 Å². The zero-order valence-electron chi connectivity index (χ0n) is 23.7. The lowest BCUT2D eigenvalue weighted by atomic mass is 9.90. The summed E-state index contributed by atoms with van der Waals surface area (Å²) in [6.45, 7) is 15.3. The number of benzene rings is 1. The van der Waals surface area contributed by atoms with E-state index in [1.807, 2.05) is 6.92 Å². The Balaban J connectivity index is 2.94. The van der Waals surface area contributed by atoms with Crippen LogP contribution in [0.5, 0.6) is 11.5 Å². The Morgan fingerprint density at radius 1 is 0.789 bits per heavy atom. The molecular weight excluding hydrogens is 498 g/mol. The first-order chi connectivity index (χ1) is 17.5. The lowest BCUT2D eigenvalue weighted by Gasteiger charge is -2.27. The third-order valence-corrected chi connectivity index (χ3v) is 5.51. The predicted octanol–water partition coefficient (Wildman–Crippen LogP) is 4.70. The largest absolute Gasteiger partial charge is 0.514 e. The molecule has 2 N–H and O–H groups in total.